The third-order valence-electron chi connectivity index (χ3n) is 7.50. The van der Waals surface area contributed by atoms with E-state index in [-0.39, 0.29) is 5.41 Å². The molecular formula is C22H28N2O2. The van der Waals surface area contributed by atoms with Crippen LogP contribution in [-0.2, 0) is 29.5 Å². The van der Waals surface area contributed by atoms with Gasteiger partial charge in [-0.2, -0.15) is 5.10 Å². The van der Waals surface area contributed by atoms with Gasteiger partial charge in [0.1, 0.15) is 5.75 Å². The van der Waals surface area contributed by atoms with Gasteiger partial charge in [0.05, 0.1) is 19.3 Å². The molecule has 1 N–H and O–H groups in total. The van der Waals surface area contributed by atoms with Crippen LogP contribution in [0.1, 0.15) is 54.5 Å². The van der Waals surface area contributed by atoms with E-state index in [0.29, 0.717) is 17.6 Å². The summed E-state index contributed by atoms with van der Waals surface area (Å²) in [6.07, 6.45) is 8.10. The molecule has 1 aromatic carbocycles. The van der Waals surface area contributed by atoms with Crippen molar-refractivity contribution < 1.29 is 9.84 Å². The summed E-state index contributed by atoms with van der Waals surface area (Å²) in [6, 6.07) is 6.05. The maximum absolute atomic E-state index is 9.85. The summed E-state index contributed by atoms with van der Waals surface area (Å²) in [5.41, 5.74) is 6.06. The van der Waals surface area contributed by atoms with Crippen molar-refractivity contribution in [2.75, 3.05) is 13.7 Å². The molecule has 1 aromatic heterocycles. The number of aryl methyl sites for hydroxylation is 1. The van der Waals surface area contributed by atoms with Gasteiger partial charge >= 0.3 is 0 Å². The van der Waals surface area contributed by atoms with Crippen molar-refractivity contribution in [3.8, 4) is 5.75 Å². The summed E-state index contributed by atoms with van der Waals surface area (Å²) in [6.45, 7) is 4.05. The lowest BCUT2D eigenvalue weighted by Gasteiger charge is -2.49. The molecule has 0 amide bonds. The Hall–Kier alpha value is -1.81. The Morgan fingerprint density at radius 1 is 1.31 bits per heavy atom. The first-order valence-corrected chi connectivity index (χ1v) is 9.97. The van der Waals surface area contributed by atoms with E-state index in [2.05, 4.69) is 29.0 Å². The standard InChI is InChI=1S/C22H28N2O2/c1-22-8-7-18-17-6-4-16(25)11-14(17)3-5-19(18)20(22)12-15-13-23-24(21(15)22)9-10-26-2/h4,6,11,13,18-20,25H,3,5,7-10,12H2,1-2H3/t18?,19?,20?,22-/m0/s1. The number of phenolic OH excluding ortho intramolecular Hbond substituents is 1. The Morgan fingerprint density at radius 3 is 3.04 bits per heavy atom. The highest BCUT2D eigenvalue weighted by Gasteiger charge is 2.54. The molecule has 1 fully saturated rings. The highest BCUT2D eigenvalue weighted by Crippen LogP contribution is 2.60. The number of fused-ring (bicyclic) bond motifs is 7. The highest BCUT2D eigenvalue weighted by molar-refractivity contribution is 5.43. The lowest BCUT2D eigenvalue weighted by Crippen LogP contribution is -2.44. The van der Waals surface area contributed by atoms with E-state index in [9.17, 15) is 5.11 Å². The van der Waals surface area contributed by atoms with Crippen molar-refractivity contribution in [2.24, 2.45) is 11.8 Å². The SMILES string of the molecule is COCCn1ncc2c1[C@@]1(C)CCC3c4ccc(O)cc4CCC3C1C2. The Bertz CT molecular complexity index is 843. The number of hydrogen-bond acceptors (Lipinski definition) is 3. The Labute approximate surface area is 155 Å². The number of hydrogen-bond donors (Lipinski definition) is 1. The molecule has 0 aliphatic heterocycles. The van der Waals surface area contributed by atoms with E-state index in [1.165, 1.54) is 48.1 Å². The van der Waals surface area contributed by atoms with E-state index in [4.69, 9.17) is 4.74 Å². The summed E-state index contributed by atoms with van der Waals surface area (Å²) in [5, 5.41) is 14.5. The predicted octanol–water partition coefficient (Wildman–Crippen LogP) is 3.81. The number of aromatic nitrogens is 2. The first kappa shape index (κ1) is 16.4. The molecule has 5 rings (SSSR count). The molecule has 0 bridgehead atoms. The second-order valence-corrected chi connectivity index (χ2v) is 8.69. The fraction of sp³-hybridized carbons (Fsp3) is 0.591. The molecule has 0 radical (unpaired) electrons. The van der Waals surface area contributed by atoms with Gasteiger partial charge < -0.3 is 9.84 Å². The van der Waals surface area contributed by atoms with Crippen LogP contribution in [-0.4, -0.2) is 28.6 Å². The summed E-state index contributed by atoms with van der Waals surface area (Å²) in [7, 11) is 1.76. The average molecular weight is 352 g/mol. The van der Waals surface area contributed by atoms with Crippen molar-refractivity contribution in [3.63, 3.8) is 0 Å². The third kappa shape index (κ3) is 2.21. The summed E-state index contributed by atoms with van der Waals surface area (Å²) >= 11 is 0. The second kappa shape index (κ2) is 5.85. The summed E-state index contributed by atoms with van der Waals surface area (Å²) in [4.78, 5) is 0. The van der Waals surface area contributed by atoms with Gasteiger partial charge in [0.2, 0.25) is 0 Å². The quantitative estimate of drug-likeness (QED) is 0.914. The van der Waals surface area contributed by atoms with Crippen LogP contribution in [0.15, 0.2) is 24.4 Å². The van der Waals surface area contributed by atoms with Crippen LogP contribution < -0.4 is 0 Å². The minimum atomic E-state index is 0.245. The number of aromatic hydroxyl groups is 1. The summed E-state index contributed by atoms with van der Waals surface area (Å²) < 4.78 is 7.51. The van der Waals surface area contributed by atoms with Gasteiger partial charge in [-0.05, 0) is 78.7 Å². The maximum Gasteiger partial charge on any atom is 0.115 e. The molecule has 3 aliphatic carbocycles. The number of methoxy groups -OCH3 is 1. The number of rotatable bonds is 3. The zero-order valence-corrected chi connectivity index (χ0v) is 15.7. The van der Waals surface area contributed by atoms with Crippen molar-refractivity contribution in [1.82, 2.24) is 9.78 Å². The van der Waals surface area contributed by atoms with Gasteiger partial charge in [0.25, 0.3) is 0 Å². The van der Waals surface area contributed by atoms with Crippen LogP contribution in [0, 0.1) is 11.8 Å². The first-order valence-electron chi connectivity index (χ1n) is 9.97. The van der Waals surface area contributed by atoms with Gasteiger partial charge in [-0.25, -0.2) is 0 Å². The topological polar surface area (TPSA) is 47.3 Å². The molecule has 2 aromatic rings. The molecule has 1 saturated carbocycles. The normalized spacial score (nSPS) is 31.8. The molecule has 4 heteroatoms. The molecule has 3 unspecified atom stereocenters. The Balaban J connectivity index is 1.49. The molecule has 138 valence electrons. The molecule has 4 nitrogen and oxygen atoms in total. The summed E-state index contributed by atoms with van der Waals surface area (Å²) in [5.74, 6) is 2.52. The molecular weight excluding hydrogens is 324 g/mol. The molecule has 3 aliphatic rings. The smallest absolute Gasteiger partial charge is 0.115 e. The number of nitrogens with zero attached hydrogens (tertiary/aromatic N) is 2. The zero-order chi connectivity index (χ0) is 17.9. The predicted molar refractivity (Wildman–Crippen MR) is 101 cm³/mol. The van der Waals surface area contributed by atoms with Crippen molar-refractivity contribution in [1.29, 1.82) is 0 Å². The molecule has 26 heavy (non-hydrogen) atoms. The Morgan fingerprint density at radius 2 is 2.19 bits per heavy atom. The van der Waals surface area contributed by atoms with Gasteiger partial charge in [-0.1, -0.05) is 13.0 Å². The van der Waals surface area contributed by atoms with E-state index in [1.807, 2.05) is 12.1 Å². The zero-order valence-electron chi connectivity index (χ0n) is 15.7. The van der Waals surface area contributed by atoms with Gasteiger partial charge in [0, 0.05) is 18.2 Å². The van der Waals surface area contributed by atoms with Crippen LogP contribution in [0.2, 0.25) is 0 Å². The fourth-order valence-electron chi connectivity index (χ4n) is 6.38. The number of ether oxygens (including phenoxy) is 1. The number of benzene rings is 1. The van der Waals surface area contributed by atoms with Crippen LogP contribution >= 0.6 is 0 Å². The highest BCUT2D eigenvalue weighted by atomic mass is 16.5. The van der Waals surface area contributed by atoms with Gasteiger partial charge in [-0.15, -0.1) is 0 Å². The van der Waals surface area contributed by atoms with E-state index < -0.39 is 0 Å². The monoisotopic (exact) mass is 352 g/mol. The average Bonchev–Trinajstić information content (AvgIpc) is 3.17. The van der Waals surface area contributed by atoms with E-state index in [1.54, 1.807) is 7.11 Å². The third-order valence-corrected chi connectivity index (χ3v) is 7.50. The van der Waals surface area contributed by atoms with Gasteiger partial charge in [-0.3, -0.25) is 4.68 Å². The van der Waals surface area contributed by atoms with Crippen molar-refractivity contribution in [3.05, 3.63) is 46.8 Å². The van der Waals surface area contributed by atoms with Crippen LogP contribution in [0.3, 0.4) is 0 Å². The van der Waals surface area contributed by atoms with E-state index in [0.717, 1.165) is 25.5 Å². The maximum atomic E-state index is 9.85. The lowest BCUT2D eigenvalue weighted by molar-refractivity contribution is 0.0978. The minimum Gasteiger partial charge on any atom is -0.508 e. The number of phenols is 1. The largest absolute Gasteiger partial charge is 0.508 e. The fourth-order valence-corrected chi connectivity index (χ4v) is 6.38. The lowest BCUT2D eigenvalue weighted by atomic mass is 9.55. The van der Waals surface area contributed by atoms with Crippen LogP contribution in [0.4, 0.5) is 0 Å². The van der Waals surface area contributed by atoms with Gasteiger partial charge in [0.15, 0.2) is 0 Å². The Kier molecular flexibility index (Phi) is 3.68. The van der Waals surface area contributed by atoms with Crippen molar-refractivity contribution in [2.45, 2.75) is 56.9 Å². The second-order valence-electron chi connectivity index (χ2n) is 8.69. The molecule has 4 atom stereocenters. The van der Waals surface area contributed by atoms with Crippen LogP contribution in [0.5, 0.6) is 5.75 Å². The molecule has 0 saturated heterocycles. The molecule has 0 spiro atoms. The van der Waals surface area contributed by atoms with Crippen LogP contribution in [0.25, 0.3) is 0 Å². The molecule has 1 heterocycles. The minimum absolute atomic E-state index is 0.245. The first-order chi connectivity index (χ1) is 12.6. The van der Waals surface area contributed by atoms with Crippen molar-refractivity contribution >= 4 is 0 Å². The van der Waals surface area contributed by atoms with E-state index >= 15 is 0 Å².